The van der Waals surface area contributed by atoms with Gasteiger partial charge in [0.25, 0.3) is 0 Å². The summed E-state index contributed by atoms with van der Waals surface area (Å²) in [7, 11) is 0. The molecular weight excluding hydrogens is 372 g/mol. The molecule has 0 amide bonds. The van der Waals surface area contributed by atoms with Crippen molar-refractivity contribution in [3.63, 3.8) is 0 Å². The van der Waals surface area contributed by atoms with Gasteiger partial charge in [-0.15, -0.1) is 0 Å². The van der Waals surface area contributed by atoms with Crippen LogP contribution in [0.15, 0.2) is 16.0 Å². The smallest absolute Gasteiger partial charge is 0.326 e. The summed E-state index contributed by atoms with van der Waals surface area (Å²) in [6, 6.07) is 2.64. The molecule has 3 aromatic rings. The van der Waals surface area contributed by atoms with E-state index in [0.29, 0.717) is 33.7 Å². The highest BCUT2D eigenvalue weighted by molar-refractivity contribution is 5.61. The normalized spacial score (nSPS) is 18.9. The molecule has 0 radical (unpaired) electrons. The number of H-pyrrole nitrogens is 2. The van der Waals surface area contributed by atoms with Crippen LogP contribution in [0, 0.1) is 17.2 Å². The molecule has 10 nitrogen and oxygen atoms in total. The third-order valence-corrected chi connectivity index (χ3v) is 5.34. The summed E-state index contributed by atoms with van der Waals surface area (Å²) in [4.78, 5) is 25.6. The zero-order valence-electron chi connectivity index (χ0n) is 15.8. The number of aromatic nitrogens is 5. The molecule has 0 spiro atoms. The van der Waals surface area contributed by atoms with Crippen LogP contribution in [0.5, 0.6) is 5.88 Å². The number of anilines is 1. The molecule has 2 aliphatic rings. The van der Waals surface area contributed by atoms with Gasteiger partial charge in [-0.25, -0.2) is 9.78 Å². The topological polar surface area (TPSA) is 147 Å². The lowest BCUT2D eigenvalue weighted by molar-refractivity contribution is 0.454. The lowest BCUT2D eigenvalue weighted by atomic mass is 10.2. The van der Waals surface area contributed by atoms with Crippen molar-refractivity contribution in [1.29, 1.82) is 5.26 Å². The van der Waals surface area contributed by atoms with Gasteiger partial charge in [0.2, 0.25) is 5.88 Å². The van der Waals surface area contributed by atoms with Crippen molar-refractivity contribution in [3.05, 3.63) is 38.6 Å². The Hall–Kier alpha value is -3.61. The number of hydrogen-bond acceptors (Lipinski definition) is 7. The maximum atomic E-state index is 11.4. The van der Waals surface area contributed by atoms with E-state index < -0.39 is 5.69 Å². The Labute approximate surface area is 164 Å². The van der Waals surface area contributed by atoms with Gasteiger partial charge in [-0.1, -0.05) is 0 Å². The molecule has 0 saturated heterocycles. The monoisotopic (exact) mass is 392 g/mol. The zero-order valence-corrected chi connectivity index (χ0v) is 15.8. The van der Waals surface area contributed by atoms with Crippen molar-refractivity contribution >= 4 is 17.5 Å². The van der Waals surface area contributed by atoms with Gasteiger partial charge in [0, 0.05) is 11.3 Å². The molecule has 2 saturated carbocycles. The molecule has 0 aromatic carbocycles. The maximum absolute atomic E-state index is 11.4. The van der Waals surface area contributed by atoms with E-state index in [2.05, 4.69) is 38.4 Å². The van der Waals surface area contributed by atoms with Gasteiger partial charge >= 0.3 is 5.69 Å². The van der Waals surface area contributed by atoms with E-state index >= 15 is 0 Å². The average Bonchev–Trinajstić information content (AvgIpc) is 3.60. The minimum absolute atomic E-state index is 0.197. The second-order valence-electron chi connectivity index (χ2n) is 7.72. The molecule has 10 heteroatoms. The molecule has 3 aromatic heterocycles. The SMILES string of the molecule is C[C@H](Nc1nc2/c(=C\c3[nH]c(=O)[nH]c3O)cnn2c(=NC2CC2)c1C#N)C1CC1. The van der Waals surface area contributed by atoms with Crippen molar-refractivity contribution in [1.82, 2.24) is 24.6 Å². The van der Waals surface area contributed by atoms with E-state index in [4.69, 9.17) is 4.99 Å². The summed E-state index contributed by atoms with van der Waals surface area (Å²) in [5, 5.41) is 28.0. The Morgan fingerprint density at radius 1 is 1.41 bits per heavy atom. The predicted molar refractivity (Wildman–Crippen MR) is 104 cm³/mol. The van der Waals surface area contributed by atoms with Crippen molar-refractivity contribution < 1.29 is 5.11 Å². The molecule has 29 heavy (non-hydrogen) atoms. The number of fused-ring (bicyclic) bond motifs is 1. The molecule has 4 N–H and O–H groups in total. The van der Waals surface area contributed by atoms with Gasteiger partial charge in [0.1, 0.15) is 17.3 Å². The molecule has 0 bridgehead atoms. The first-order chi connectivity index (χ1) is 14.0. The molecule has 5 rings (SSSR count). The van der Waals surface area contributed by atoms with Crippen LogP contribution in [-0.4, -0.2) is 41.8 Å². The highest BCUT2D eigenvalue weighted by Gasteiger charge is 2.29. The van der Waals surface area contributed by atoms with Gasteiger partial charge in [-0.3, -0.25) is 9.98 Å². The van der Waals surface area contributed by atoms with Gasteiger partial charge < -0.3 is 15.4 Å². The second-order valence-corrected chi connectivity index (χ2v) is 7.72. The lowest BCUT2D eigenvalue weighted by Gasteiger charge is -2.15. The predicted octanol–water partition coefficient (Wildman–Crippen LogP) is 0.144. The van der Waals surface area contributed by atoms with Crippen LogP contribution in [-0.2, 0) is 0 Å². The van der Waals surface area contributed by atoms with E-state index in [0.717, 1.165) is 12.8 Å². The molecule has 1 atom stereocenters. The quantitative estimate of drug-likeness (QED) is 0.486. The van der Waals surface area contributed by atoms with Crippen LogP contribution in [0.4, 0.5) is 5.82 Å². The van der Waals surface area contributed by atoms with Crippen LogP contribution in [0.3, 0.4) is 0 Å². The molecule has 0 unspecified atom stereocenters. The first-order valence-electron chi connectivity index (χ1n) is 9.68. The van der Waals surface area contributed by atoms with Crippen LogP contribution in [0.2, 0.25) is 0 Å². The molecule has 148 valence electrons. The summed E-state index contributed by atoms with van der Waals surface area (Å²) in [6.07, 6.45) is 7.49. The molecular formula is C19H20N8O2. The van der Waals surface area contributed by atoms with Crippen LogP contribution in [0.1, 0.15) is 43.9 Å². The summed E-state index contributed by atoms with van der Waals surface area (Å²) in [5.74, 6) is 0.813. The van der Waals surface area contributed by atoms with E-state index in [-0.39, 0.29) is 23.7 Å². The number of nitrogens with one attached hydrogen (secondary N) is 3. The summed E-state index contributed by atoms with van der Waals surface area (Å²) >= 11 is 0. The highest BCUT2D eigenvalue weighted by Crippen LogP contribution is 2.34. The molecule has 0 aliphatic heterocycles. The van der Waals surface area contributed by atoms with Crippen molar-refractivity contribution in [2.75, 3.05) is 5.32 Å². The Morgan fingerprint density at radius 2 is 2.21 bits per heavy atom. The first kappa shape index (κ1) is 17.5. The Kier molecular flexibility index (Phi) is 3.91. The fourth-order valence-electron chi connectivity index (χ4n) is 3.38. The van der Waals surface area contributed by atoms with Crippen LogP contribution in [0.25, 0.3) is 11.7 Å². The van der Waals surface area contributed by atoms with Crippen molar-refractivity contribution in [2.24, 2.45) is 10.9 Å². The van der Waals surface area contributed by atoms with Crippen molar-refractivity contribution in [2.45, 2.75) is 44.7 Å². The molecule has 2 fully saturated rings. The van der Waals surface area contributed by atoms with E-state index in [9.17, 15) is 15.2 Å². The van der Waals surface area contributed by atoms with E-state index in [1.54, 1.807) is 16.8 Å². The third kappa shape index (κ3) is 3.24. The summed E-state index contributed by atoms with van der Waals surface area (Å²) in [5.41, 5.74) is 1.09. The van der Waals surface area contributed by atoms with E-state index in [1.165, 1.54) is 12.8 Å². The largest absolute Gasteiger partial charge is 0.493 e. The number of imidazole rings is 1. The first-order valence-corrected chi connectivity index (χ1v) is 9.68. The summed E-state index contributed by atoms with van der Waals surface area (Å²) in [6.45, 7) is 2.09. The van der Waals surface area contributed by atoms with Gasteiger partial charge in [-0.05, 0) is 44.6 Å². The number of nitrogens with zero attached hydrogens (tertiary/aromatic N) is 5. The van der Waals surface area contributed by atoms with Gasteiger partial charge in [0.05, 0.1) is 12.2 Å². The van der Waals surface area contributed by atoms with Crippen molar-refractivity contribution in [3.8, 4) is 11.9 Å². The fraction of sp³-hybridized carbons (Fsp3) is 0.421. The van der Waals surface area contributed by atoms with Crippen LogP contribution >= 0.6 is 0 Å². The van der Waals surface area contributed by atoms with Gasteiger partial charge in [0.15, 0.2) is 17.0 Å². The number of nitriles is 1. The molecule has 3 heterocycles. The third-order valence-electron chi connectivity index (χ3n) is 5.34. The maximum Gasteiger partial charge on any atom is 0.326 e. The summed E-state index contributed by atoms with van der Waals surface area (Å²) < 4.78 is 1.55. The number of aromatic hydroxyl groups is 1. The number of aromatic amines is 2. The minimum Gasteiger partial charge on any atom is -0.493 e. The van der Waals surface area contributed by atoms with Crippen LogP contribution < -0.4 is 21.7 Å². The Morgan fingerprint density at radius 3 is 2.83 bits per heavy atom. The Balaban J connectivity index is 1.74. The minimum atomic E-state index is -0.505. The number of hydrogen-bond donors (Lipinski definition) is 4. The van der Waals surface area contributed by atoms with E-state index in [1.807, 2.05) is 0 Å². The fourth-order valence-corrected chi connectivity index (χ4v) is 3.38. The van der Waals surface area contributed by atoms with Gasteiger partial charge in [-0.2, -0.15) is 14.9 Å². The average molecular weight is 392 g/mol. The molecule has 2 aliphatic carbocycles. The zero-order chi connectivity index (χ0) is 20.1. The Bertz CT molecular complexity index is 1320. The highest BCUT2D eigenvalue weighted by atomic mass is 16.3. The standard InChI is InChI=1S/C19H20N8O2/c1-9(10-2-3-10)22-15-13(7-20)17(23-12-4-5-12)27-16(25-15)11(8-21-27)6-14-18(28)26-19(29)24-14/h6,8-10,12,22,28H,2-5H2,1H3,(H2,24,26,29)/b11-6-,23-17?/t9-/m0/s1. The second kappa shape index (κ2) is 6.48. The number of rotatable bonds is 5. The lowest BCUT2D eigenvalue weighted by Crippen LogP contribution is -2.27.